The molecular formula is C20H17BrN4O. The van der Waals surface area contributed by atoms with E-state index in [1.165, 1.54) is 0 Å². The van der Waals surface area contributed by atoms with Gasteiger partial charge in [-0.2, -0.15) is 5.10 Å². The number of carbonyl (C=O) groups excluding carboxylic acids is 1. The molecule has 4 rings (SSSR count). The fraction of sp³-hybridized carbons (Fsp3) is 0.200. The van der Waals surface area contributed by atoms with Gasteiger partial charge in [-0.25, -0.2) is 5.01 Å². The molecule has 1 aliphatic rings. The maximum absolute atomic E-state index is 12.5. The average Bonchev–Trinajstić information content (AvgIpc) is 3.13. The van der Waals surface area contributed by atoms with Gasteiger partial charge >= 0.3 is 0 Å². The number of hydrogen-bond acceptors (Lipinski definition) is 4. The van der Waals surface area contributed by atoms with Crippen LogP contribution in [0, 0.1) is 0 Å². The van der Waals surface area contributed by atoms with Crippen molar-refractivity contribution in [3.05, 3.63) is 70.5 Å². The van der Waals surface area contributed by atoms with Gasteiger partial charge in [-0.1, -0.05) is 41.1 Å². The van der Waals surface area contributed by atoms with E-state index in [9.17, 15) is 4.79 Å². The highest BCUT2D eigenvalue weighted by molar-refractivity contribution is 9.10. The van der Waals surface area contributed by atoms with Gasteiger partial charge < -0.3 is 0 Å². The molecule has 3 aromatic rings. The molecule has 6 heteroatoms. The van der Waals surface area contributed by atoms with Gasteiger partial charge in [0.1, 0.15) is 0 Å². The number of amides is 1. The maximum Gasteiger partial charge on any atom is 0.242 e. The first kappa shape index (κ1) is 16.8. The van der Waals surface area contributed by atoms with Crippen molar-refractivity contribution in [3.63, 3.8) is 0 Å². The summed E-state index contributed by atoms with van der Waals surface area (Å²) in [6.45, 7) is 1.86. The zero-order valence-corrected chi connectivity index (χ0v) is 15.8. The summed E-state index contributed by atoms with van der Waals surface area (Å²) < 4.78 is 1.02. The number of hydrogen-bond donors (Lipinski definition) is 0. The van der Waals surface area contributed by atoms with Crippen molar-refractivity contribution in [2.45, 2.75) is 25.8 Å². The van der Waals surface area contributed by atoms with E-state index in [1.54, 1.807) is 17.4 Å². The zero-order valence-electron chi connectivity index (χ0n) is 14.3. The van der Waals surface area contributed by atoms with E-state index in [-0.39, 0.29) is 11.9 Å². The third-order valence-corrected chi connectivity index (χ3v) is 5.05. The molecule has 26 heavy (non-hydrogen) atoms. The fourth-order valence-electron chi connectivity index (χ4n) is 3.17. The Bertz CT molecular complexity index is 1000. The summed E-state index contributed by atoms with van der Waals surface area (Å²) in [4.78, 5) is 21.2. The molecule has 0 radical (unpaired) electrons. The number of carbonyl (C=O) groups is 1. The standard InChI is InChI=1S/C20H17BrN4O/c1-2-20(26)25-19(12-17(24-25)13-3-6-15(21)7-4-13)14-5-8-16-18(11-14)23-10-9-22-16/h3-11,19H,2,12H2,1H3. The van der Waals surface area contributed by atoms with E-state index >= 15 is 0 Å². The van der Waals surface area contributed by atoms with Gasteiger partial charge in [0.05, 0.1) is 22.8 Å². The quantitative estimate of drug-likeness (QED) is 0.641. The number of halogens is 1. The van der Waals surface area contributed by atoms with Gasteiger partial charge in [-0.05, 0) is 35.4 Å². The zero-order chi connectivity index (χ0) is 18.1. The molecule has 1 atom stereocenters. The van der Waals surface area contributed by atoms with E-state index in [0.717, 1.165) is 32.3 Å². The number of nitrogens with zero attached hydrogens (tertiary/aromatic N) is 4. The minimum atomic E-state index is -0.118. The lowest BCUT2D eigenvalue weighted by Gasteiger charge is -2.21. The van der Waals surface area contributed by atoms with E-state index in [2.05, 4.69) is 31.0 Å². The molecule has 0 saturated carbocycles. The van der Waals surface area contributed by atoms with Crippen molar-refractivity contribution in [3.8, 4) is 0 Å². The van der Waals surface area contributed by atoms with Gasteiger partial charge in [-0.15, -0.1) is 0 Å². The lowest BCUT2D eigenvalue weighted by Crippen LogP contribution is -2.26. The summed E-state index contributed by atoms with van der Waals surface area (Å²) in [6, 6.07) is 13.9. The first-order valence-electron chi connectivity index (χ1n) is 8.52. The van der Waals surface area contributed by atoms with E-state index < -0.39 is 0 Å². The fourth-order valence-corrected chi connectivity index (χ4v) is 3.43. The second kappa shape index (κ2) is 6.96. The molecule has 0 bridgehead atoms. The Balaban J connectivity index is 1.72. The molecule has 2 heterocycles. The Morgan fingerprint density at radius 1 is 1.12 bits per heavy atom. The van der Waals surface area contributed by atoms with E-state index in [0.29, 0.717) is 12.8 Å². The molecule has 1 aliphatic heterocycles. The van der Waals surface area contributed by atoms with Gasteiger partial charge in [0.25, 0.3) is 0 Å². The monoisotopic (exact) mass is 408 g/mol. The SMILES string of the molecule is CCC(=O)N1N=C(c2ccc(Br)cc2)CC1c1ccc2nccnc2c1. The van der Waals surface area contributed by atoms with Crippen molar-refractivity contribution in [1.29, 1.82) is 0 Å². The van der Waals surface area contributed by atoms with Crippen LogP contribution < -0.4 is 0 Å². The molecule has 5 nitrogen and oxygen atoms in total. The minimum absolute atomic E-state index is 0.0151. The first-order chi connectivity index (χ1) is 12.7. The molecule has 0 spiro atoms. The number of hydrazone groups is 1. The Kier molecular flexibility index (Phi) is 4.51. The minimum Gasteiger partial charge on any atom is -0.273 e. The molecule has 1 aromatic heterocycles. The van der Waals surface area contributed by atoms with Crippen LogP contribution in [-0.2, 0) is 4.79 Å². The molecule has 0 fully saturated rings. The molecular weight excluding hydrogens is 392 g/mol. The molecule has 0 saturated heterocycles. The second-order valence-corrected chi connectivity index (χ2v) is 7.09. The van der Waals surface area contributed by atoms with Crippen LogP contribution >= 0.6 is 15.9 Å². The molecule has 2 aromatic carbocycles. The molecule has 0 N–H and O–H groups in total. The van der Waals surface area contributed by atoms with Gasteiger partial charge in [0.15, 0.2) is 0 Å². The third kappa shape index (κ3) is 3.12. The summed E-state index contributed by atoms with van der Waals surface area (Å²) in [5, 5.41) is 6.27. The smallest absolute Gasteiger partial charge is 0.242 e. The Hall–Kier alpha value is -2.60. The van der Waals surface area contributed by atoms with Crippen LogP contribution in [0.1, 0.15) is 36.9 Å². The van der Waals surface area contributed by atoms with Crippen molar-refractivity contribution in [2.75, 3.05) is 0 Å². The summed E-state index contributed by atoms with van der Waals surface area (Å²) in [5.74, 6) is 0.0151. The van der Waals surface area contributed by atoms with Gasteiger partial charge in [0.2, 0.25) is 5.91 Å². The van der Waals surface area contributed by atoms with Crippen molar-refractivity contribution < 1.29 is 4.79 Å². The highest BCUT2D eigenvalue weighted by Crippen LogP contribution is 2.34. The van der Waals surface area contributed by atoms with Gasteiger partial charge in [-0.3, -0.25) is 14.8 Å². The van der Waals surface area contributed by atoms with Crippen LogP contribution in [-0.4, -0.2) is 26.6 Å². The van der Waals surface area contributed by atoms with Crippen LogP contribution in [0.15, 0.2) is 64.4 Å². The summed E-state index contributed by atoms with van der Waals surface area (Å²) in [7, 11) is 0. The second-order valence-electron chi connectivity index (χ2n) is 6.17. The van der Waals surface area contributed by atoms with Crippen LogP contribution in [0.5, 0.6) is 0 Å². The number of benzene rings is 2. The average molecular weight is 409 g/mol. The van der Waals surface area contributed by atoms with Crippen molar-refractivity contribution >= 4 is 38.6 Å². The lowest BCUT2D eigenvalue weighted by atomic mass is 9.98. The Morgan fingerprint density at radius 3 is 2.58 bits per heavy atom. The van der Waals surface area contributed by atoms with Gasteiger partial charge in [0, 0.05) is 29.7 Å². The van der Waals surface area contributed by atoms with Crippen molar-refractivity contribution in [1.82, 2.24) is 15.0 Å². The number of rotatable bonds is 3. The van der Waals surface area contributed by atoms with Crippen LogP contribution in [0.2, 0.25) is 0 Å². The Labute approximate surface area is 159 Å². The molecule has 0 aliphatic carbocycles. The van der Waals surface area contributed by atoms with Crippen LogP contribution in [0.4, 0.5) is 0 Å². The summed E-state index contributed by atoms with van der Waals surface area (Å²) in [5.41, 5.74) is 4.65. The van der Waals surface area contributed by atoms with E-state index in [4.69, 9.17) is 0 Å². The first-order valence-corrected chi connectivity index (χ1v) is 9.31. The third-order valence-electron chi connectivity index (χ3n) is 4.52. The summed E-state index contributed by atoms with van der Waals surface area (Å²) >= 11 is 3.45. The summed E-state index contributed by atoms with van der Waals surface area (Å²) in [6.07, 6.45) is 4.46. The predicted molar refractivity (Wildman–Crippen MR) is 105 cm³/mol. The largest absolute Gasteiger partial charge is 0.273 e. The lowest BCUT2D eigenvalue weighted by molar-refractivity contribution is -0.132. The van der Waals surface area contributed by atoms with Crippen LogP contribution in [0.3, 0.4) is 0 Å². The normalized spacial score (nSPS) is 16.8. The molecule has 1 amide bonds. The number of fused-ring (bicyclic) bond motifs is 1. The highest BCUT2D eigenvalue weighted by Gasteiger charge is 2.32. The number of aromatic nitrogens is 2. The van der Waals surface area contributed by atoms with Crippen LogP contribution in [0.25, 0.3) is 11.0 Å². The predicted octanol–water partition coefficient (Wildman–Crippen LogP) is 4.48. The van der Waals surface area contributed by atoms with Crippen molar-refractivity contribution in [2.24, 2.45) is 5.10 Å². The molecule has 1 unspecified atom stereocenters. The Morgan fingerprint density at radius 2 is 1.85 bits per heavy atom. The molecule has 130 valence electrons. The topological polar surface area (TPSA) is 58.5 Å². The highest BCUT2D eigenvalue weighted by atomic mass is 79.9. The maximum atomic E-state index is 12.5. The van der Waals surface area contributed by atoms with E-state index in [1.807, 2.05) is 49.4 Å².